The van der Waals surface area contributed by atoms with E-state index < -0.39 is 0 Å². The van der Waals surface area contributed by atoms with E-state index in [1.165, 1.54) is 12.8 Å². The lowest BCUT2D eigenvalue weighted by molar-refractivity contribution is -0.138. The first-order valence-corrected chi connectivity index (χ1v) is 7.92. The van der Waals surface area contributed by atoms with Crippen molar-refractivity contribution in [3.8, 4) is 0 Å². The van der Waals surface area contributed by atoms with Crippen LogP contribution in [0.2, 0.25) is 0 Å². The van der Waals surface area contributed by atoms with Crippen molar-refractivity contribution in [2.24, 2.45) is 0 Å². The van der Waals surface area contributed by atoms with E-state index in [1.807, 2.05) is 35.2 Å². The Balaban J connectivity index is 1.61. The van der Waals surface area contributed by atoms with Gasteiger partial charge in [-0.15, -0.1) is 0 Å². The summed E-state index contributed by atoms with van der Waals surface area (Å²) < 4.78 is 5.24. The average molecular weight is 304 g/mol. The fourth-order valence-electron chi connectivity index (χ4n) is 2.49. The van der Waals surface area contributed by atoms with E-state index in [1.54, 1.807) is 0 Å². The molecule has 120 valence electrons. The van der Waals surface area contributed by atoms with Gasteiger partial charge in [-0.2, -0.15) is 0 Å². The van der Waals surface area contributed by atoms with E-state index >= 15 is 0 Å². The van der Waals surface area contributed by atoms with Crippen LogP contribution < -0.4 is 5.32 Å². The Morgan fingerprint density at radius 1 is 1.00 bits per heavy atom. The lowest BCUT2D eigenvalue weighted by Gasteiger charge is -2.20. The molecule has 1 aliphatic heterocycles. The number of nitrogens with zero attached hydrogens (tertiary/aromatic N) is 1. The van der Waals surface area contributed by atoms with Crippen LogP contribution in [0, 0.1) is 0 Å². The SMILES string of the molecule is O=C(COCC(=O)N1CCCCCC1)NCc1ccccc1. The number of hydrogen-bond donors (Lipinski definition) is 1. The number of carbonyl (C=O) groups excluding carboxylic acids is 2. The standard InChI is InChI=1S/C17H24N2O3/c20-16(18-12-15-8-4-3-5-9-15)13-22-14-17(21)19-10-6-1-2-7-11-19/h3-5,8-9H,1-2,6-7,10-14H2,(H,18,20). The fourth-order valence-corrected chi connectivity index (χ4v) is 2.49. The maximum atomic E-state index is 12.0. The Labute approximate surface area is 131 Å². The molecule has 0 saturated carbocycles. The summed E-state index contributed by atoms with van der Waals surface area (Å²) in [5.41, 5.74) is 1.04. The molecule has 1 aromatic carbocycles. The smallest absolute Gasteiger partial charge is 0.248 e. The molecule has 0 radical (unpaired) electrons. The van der Waals surface area contributed by atoms with Crippen molar-refractivity contribution in [1.82, 2.24) is 10.2 Å². The van der Waals surface area contributed by atoms with Gasteiger partial charge in [0.1, 0.15) is 13.2 Å². The molecule has 1 saturated heterocycles. The number of amides is 2. The van der Waals surface area contributed by atoms with Crippen molar-refractivity contribution in [2.45, 2.75) is 32.2 Å². The van der Waals surface area contributed by atoms with Crippen molar-refractivity contribution < 1.29 is 14.3 Å². The summed E-state index contributed by atoms with van der Waals surface area (Å²) in [6.45, 7) is 2.00. The van der Waals surface area contributed by atoms with Gasteiger partial charge in [-0.1, -0.05) is 43.2 Å². The van der Waals surface area contributed by atoms with E-state index in [0.29, 0.717) is 6.54 Å². The second-order valence-electron chi connectivity index (χ2n) is 5.55. The Morgan fingerprint density at radius 3 is 2.36 bits per heavy atom. The van der Waals surface area contributed by atoms with Crippen LogP contribution in [-0.4, -0.2) is 43.0 Å². The summed E-state index contributed by atoms with van der Waals surface area (Å²) in [7, 11) is 0. The minimum atomic E-state index is -0.201. The first-order valence-electron chi connectivity index (χ1n) is 7.92. The number of carbonyl (C=O) groups is 2. The molecule has 1 aliphatic rings. The third-order valence-corrected chi connectivity index (χ3v) is 3.75. The molecule has 5 nitrogen and oxygen atoms in total. The average Bonchev–Trinajstić information content (AvgIpc) is 2.83. The molecule has 0 atom stereocenters. The molecule has 1 heterocycles. The van der Waals surface area contributed by atoms with Gasteiger partial charge < -0.3 is 15.0 Å². The van der Waals surface area contributed by atoms with Crippen molar-refractivity contribution in [1.29, 1.82) is 0 Å². The Bertz CT molecular complexity index is 468. The predicted molar refractivity (Wildman–Crippen MR) is 84.2 cm³/mol. The van der Waals surface area contributed by atoms with E-state index in [2.05, 4.69) is 5.32 Å². The molecule has 2 rings (SSSR count). The molecule has 1 N–H and O–H groups in total. The minimum Gasteiger partial charge on any atom is -0.362 e. The number of ether oxygens (including phenoxy) is 1. The zero-order valence-electron chi connectivity index (χ0n) is 12.9. The monoisotopic (exact) mass is 304 g/mol. The normalized spacial score (nSPS) is 15.2. The highest BCUT2D eigenvalue weighted by atomic mass is 16.5. The van der Waals surface area contributed by atoms with Crippen molar-refractivity contribution >= 4 is 11.8 Å². The zero-order valence-corrected chi connectivity index (χ0v) is 12.9. The van der Waals surface area contributed by atoms with Crippen LogP contribution in [-0.2, 0) is 20.9 Å². The van der Waals surface area contributed by atoms with E-state index in [0.717, 1.165) is 31.5 Å². The van der Waals surface area contributed by atoms with Gasteiger partial charge in [-0.25, -0.2) is 0 Å². The van der Waals surface area contributed by atoms with E-state index in [9.17, 15) is 9.59 Å². The second-order valence-corrected chi connectivity index (χ2v) is 5.55. The second kappa shape index (κ2) is 9.20. The van der Waals surface area contributed by atoms with Crippen LogP contribution in [0.25, 0.3) is 0 Å². The first kappa shape index (κ1) is 16.5. The van der Waals surface area contributed by atoms with Gasteiger partial charge in [0, 0.05) is 19.6 Å². The van der Waals surface area contributed by atoms with Gasteiger partial charge in [0.25, 0.3) is 0 Å². The maximum absolute atomic E-state index is 12.0. The van der Waals surface area contributed by atoms with Gasteiger partial charge in [0.2, 0.25) is 11.8 Å². The third kappa shape index (κ3) is 5.85. The molecule has 0 aromatic heterocycles. The minimum absolute atomic E-state index is 0.0151. The summed E-state index contributed by atoms with van der Waals surface area (Å²) in [4.78, 5) is 25.5. The van der Waals surface area contributed by atoms with Gasteiger partial charge in [-0.3, -0.25) is 9.59 Å². The fraction of sp³-hybridized carbons (Fsp3) is 0.529. The summed E-state index contributed by atoms with van der Waals surface area (Å²) in [6, 6.07) is 9.69. The Hall–Kier alpha value is -1.88. The highest BCUT2D eigenvalue weighted by Crippen LogP contribution is 2.09. The Kier molecular flexibility index (Phi) is 6.90. The van der Waals surface area contributed by atoms with Crippen molar-refractivity contribution in [3.63, 3.8) is 0 Å². The van der Waals surface area contributed by atoms with E-state index in [4.69, 9.17) is 4.74 Å². The highest BCUT2D eigenvalue weighted by molar-refractivity contribution is 5.79. The Morgan fingerprint density at radius 2 is 1.68 bits per heavy atom. The van der Waals surface area contributed by atoms with Gasteiger partial charge in [0.05, 0.1) is 0 Å². The molecule has 2 amide bonds. The van der Waals surface area contributed by atoms with Crippen molar-refractivity contribution in [2.75, 3.05) is 26.3 Å². The van der Waals surface area contributed by atoms with Crippen molar-refractivity contribution in [3.05, 3.63) is 35.9 Å². The lowest BCUT2D eigenvalue weighted by Crippen LogP contribution is -2.36. The number of benzene rings is 1. The number of likely N-dealkylation sites (tertiary alicyclic amines) is 1. The maximum Gasteiger partial charge on any atom is 0.248 e. The molecule has 1 fully saturated rings. The zero-order chi connectivity index (χ0) is 15.6. The molecule has 1 aromatic rings. The number of hydrogen-bond acceptors (Lipinski definition) is 3. The largest absolute Gasteiger partial charge is 0.362 e. The molecule has 0 unspecified atom stereocenters. The summed E-state index contributed by atoms with van der Waals surface area (Å²) in [5.74, 6) is -0.217. The van der Waals surface area contributed by atoms with Crippen LogP contribution in [0.5, 0.6) is 0 Å². The summed E-state index contributed by atoms with van der Waals surface area (Å²) in [6.07, 6.45) is 4.49. The van der Waals surface area contributed by atoms with Gasteiger partial charge in [0.15, 0.2) is 0 Å². The van der Waals surface area contributed by atoms with Crippen LogP contribution >= 0.6 is 0 Å². The third-order valence-electron chi connectivity index (χ3n) is 3.75. The first-order chi connectivity index (χ1) is 10.8. The van der Waals surface area contributed by atoms with Crippen LogP contribution in [0.15, 0.2) is 30.3 Å². The van der Waals surface area contributed by atoms with Crippen LogP contribution in [0.3, 0.4) is 0 Å². The molecule has 0 aliphatic carbocycles. The summed E-state index contributed by atoms with van der Waals surface area (Å²) in [5, 5.41) is 2.77. The van der Waals surface area contributed by atoms with Gasteiger partial charge in [-0.05, 0) is 18.4 Å². The molecular formula is C17H24N2O3. The molecule has 5 heteroatoms. The molecule has 0 bridgehead atoms. The van der Waals surface area contributed by atoms with E-state index in [-0.39, 0.29) is 25.0 Å². The molecule has 0 spiro atoms. The molecular weight excluding hydrogens is 280 g/mol. The predicted octanol–water partition coefficient (Wildman–Crippen LogP) is 1.72. The van der Waals surface area contributed by atoms with Crippen LogP contribution in [0.4, 0.5) is 0 Å². The lowest BCUT2D eigenvalue weighted by atomic mass is 10.2. The molecule has 22 heavy (non-hydrogen) atoms. The van der Waals surface area contributed by atoms with Crippen LogP contribution in [0.1, 0.15) is 31.2 Å². The van der Waals surface area contributed by atoms with Gasteiger partial charge >= 0.3 is 0 Å². The summed E-state index contributed by atoms with van der Waals surface area (Å²) >= 11 is 0. The number of nitrogens with one attached hydrogen (secondary N) is 1. The topological polar surface area (TPSA) is 58.6 Å². The highest BCUT2D eigenvalue weighted by Gasteiger charge is 2.15. The number of rotatable bonds is 6. The quantitative estimate of drug-likeness (QED) is 0.870.